The van der Waals surface area contributed by atoms with Crippen LogP contribution in [0.2, 0.25) is 16.6 Å². The summed E-state index contributed by atoms with van der Waals surface area (Å²) in [6, 6.07) is 30.7. The highest BCUT2D eigenvalue weighted by molar-refractivity contribution is 6.77. The third-order valence-electron chi connectivity index (χ3n) is 8.00. The van der Waals surface area contributed by atoms with E-state index in [9.17, 15) is 0 Å². The molecule has 3 aromatic carbocycles. The fourth-order valence-corrected chi connectivity index (χ4v) is 11.4. The van der Waals surface area contributed by atoms with Gasteiger partial charge in [-0.25, -0.2) is 0 Å². The summed E-state index contributed by atoms with van der Waals surface area (Å²) in [6.45, 7) is 19.8. The van der Waals surface area contributed by atoms with Crippen LogP contribution < -0.4 is 0 Å². The van der Waals surface area contributed by atoms with E-state index in [1.165, 1.54) is 0 Å². The summed E-state index contributed by atoms with van der Waals surface area (Å²) in [5.41, 5.74) is 4.70. The Hall–Kier alpha value is -2.54. The first-order chi connectivity index (χ1) is 19.8. The molecule has 3 rings (SSSR count). The zero-order valence-electron chi connectivity index (χ0n) is 25.9. The largest absolute Gasteiger partial charge is 0.413 e. The predicted molar refractivity (Wildman–Crippen MR) is 172 cm³/mol. The molecule has 4 nitrogen and oxygen atoms in total. The van der Waals surface area contributed by atoms with E-state index < -0.39 is 20.5 Å². The average Bonchev–Trinajstić information content (AvgIpc) is 2.98. The molecule has 3 aromatic rings. The monoisotopic (exact) mass is 574 g/mol. The molecule has 222 valence electrons. The van der Waals surface area contributed by atoms with Gasteiger partial charge in [-0.3, -0.25) is 0 Å². The summed E-state index contributed by atoms with van der Waals surface area (Å²) in [7, 11) is -2.15. The Morgan fingerprint density at radius 2 is 0.976 bits per heavy atom. The van der Waals surface area contributed by atoms with Crippen LogP contribution in [0.3, 0.4) is 0 Å². The van der Waals surface area contributed by atoms with Crippen LogP contribution in [-0.4, -0.2) is 33.2 Å². The van der Waals surface area contributed by atoms with Crippen molar-refractivity contribution < 1.29 is 18.6 Å². The summed E-state index contributed by atoms with van der Waals surface area (Å²) >= 11 is 0. The van der Waals surface area contributed by atoms with Gasteiger partial charge >= 0.3 is 0 Å². The van der Waals surface area contributed by atoms with Crippen molar-refractivity contribution in [2.45, 2.75) is 96.3 Å². The fourth-order valence-electron chi connectivity index (χ4n) is 5.99. The van der Waals surface area contributed by atoms with Gasteiger partial charge in [-0.05, 0) is 33.3 Å². The van der Waals surface area contributed by atoms with Crippen molar-refractivity contribution in [2.75, 3.05) is 6.61 Å². The van der Waals surface area contributed by atoms with Gasteiger partial charge in [0.05, 0.1) is 26.4 Å². The second-order valence-electron chi connectivity index (χ2n) is 11.7. The van der Waals surface area contributed by atoms with E-state index in [0.717, 1.165) is 16.7 Å². The molecule has 0 unspecified atom stereocenters. The van der Waals surface area contributed by atoms with Gasteiger partial charge in [0.25, 0.3) is 0 Å². The van der Waals surface area contributed by atoms with E-state index in [2.05, 4.69) is 84.5 Å². The second-order valence-corrected chi connectivity index (χ2v) is 17.2. The number of ether oxygens (including phenoxy) is 3. The SMILES string of the molecule is C=C[C@H](OCc1ccccc1)[C@H](OCc1ccccc1)[C@@H](CO[Si](C(C)C)(C(C)C)C(C)C)OCc1ccccc1. The van der Waals surface area contributed by atoms with Gasteiger partial charge in [-0.1, -0.05) is 139 Å². The highest BCUT2D eigenvalue weighted by atomic mass is 28.4. The first-order valence-corrected chi connectivity index (χ1v) is 17.1. The van der Waals surface area contributed by atoms with Crippen molar-refractivity contribution in [2.24, 2.45) is 0 Å². The predicted octanol–water partition coefficient (Wildman–Crippen LogP) is 9.12. The molecular weight excluding hydrogens is 524 g/mol. The molecule has 0 radical (unpaired) electrons. The maximum absolute atomic E-state index is 7.10. The van der Waals surface area contributed by atoms with Crippen LogP contribution in [0.25, 0.3) is 0 Å². The third kappa shape index (κ3) is 9.49. The van der Waals surface area contributed by atoms with E-state index in [-0.39, 0.29) is 6.10 Å². The molecule has 0 spiro atoms. The van der Waals surface area contributed by atoms with Crippen LogP contribution in [0, 0.1) is 0 Å². The summed E-state index contributed by atoms with van der Waals surface area (Å²) < 4.78 is 26.9. The molecule has 0 aromatic heterocycles. The first-order valence-electron chi connectivity index (χ1n) is 15.0. The van der Waals surface area contributed by atoms with Crippen LogP contribution in [0.5, 0.6) is 0 Å². The quantitative estimate of drug-likeness (QED) is 0.112. The Labute approximate surface area is 249 Å². The Morgan fingerprint density at radius 3 is 1.37 bits per heavy atom. The maximum Gasteiger partial charge on any atom is 0.200 e. The van der Waals surface area contributed by atoms with Gasteiger partial charge in [-0.2, -0.15) is 0 Å². The lowest BCUT2D eigenvalue weighted by Gasteiger charge is -2.44. The van der Waals surface area contributed by atoms with Crippen molar-refractivity contribution in [3.05, 3.63) is 120 Å². The topological polar surface area (TPSA) is 36.9 Å². The molecular formula is C36H50O4Si. The third-order valence-corrected chi connectivity index (χ3v) is 14.1. The lowest BCUT2D eigenvalue weighted by molar-refractivity contribution is -0.148. The van der Waals surface area contributed by atoms with E-state index in [0.29, 0.717) is 43.1 Å². The Morgan fingerprint density at radius 1 is 0.585 bits per heavy atom. The summed E-state index contributed by atoms with van der Waals surface area (Å²) in [4.78, 5) is 0. The number of hydrogen-bond donors (Lipinski definition) is 0. The van der Waals surface area contributed by atoms with E-state index in [4.69, 9.17) is 18.6 Å². The molecule has 3 atom stereocenters. The highest BCUT2D eigenvalue weighted by Crippen LogP contribution is 2.42. The van der Waals surface area contributed by atoms with E-state index in [1.54, 1.807) is 0 Å². The molecule has 0 bridgehead atoms. The number of hydrogen-bond acceptors (Lipinski definition) is 4. The molecule has 5 heteroatoms. The molecule has 0 amide bonds. The molecule has 0 aliphatic carbocycles. The van der Waals surface area contributed by atoms with Crippen molar-refractivity contribution in [1.82, 2.24) is 0 Å². The normalized spacial score (nSPS) is 14.4. The molecule has 0 heterocycles. The van der Waals surface area contributed by atoms with Gasteiger partial charge < -0.3 is 18.6 Å². The highest BCUT2D eigenvalue weighted by Gasteiger charge is 2.46. The molecule has 41 heavy (non-hydrogen) atoms. The minimum atomic E-state index is -2.15. The van der Waals surface area contributed by atoms with Crippen molar-refractivity contribution in [3.8, 4) is 0 Å². The maximum atomic E-state index is 7.10. The van der Waals surface area contributed by atoms with Gasteiger partial charge in [0, 0.05) is 0 Å². The molecule has 0 aliphatic heterocycles. The summed E-state index contributed by atoms with van der Waals surface area (Å²) in [5.74, 6) is 0. The summed E-state index contributed by atoms with van der Waals surface area (Å²) in [5, 5.41) is 0. The molecule has 0 aliphatic rings. The van der Waals surface area contributed by atoms with Gasteiger partial charge in [-0.15, -0.1) is 6.58 Å². The number of rotatable bonds is 18. The van der Waals surface area contributed by atoms with Gasteiger partial charge in [0.1, 0.15) is 18.3 Å². The second kappa shape index (κ2) is 16.8. The van der Waals surface area contributed by atoms with Crippen LogP contribution >= 0.6 is 0 Å². The minimum Gasteiger partial charge on any atom is -0.413 e. The lowest BCUT2D eigenvalue weighted by Crippen LogP contribution is -2.52. The first kappa shape index (κ1) is 33.0. The Kier molecular flexibility index (Phi) is 13.5. The zero-order valence-corrected chi connectivity index (χ0v) is 26.9. The smallest absolute Gasteiger partial charge is 0.200 e. The average molecular weight is 575 g/mol. The van der Waals surface area contributed by atoms with Crippen LogP contribution in [0.15, 0.2) is 104 Å². The van der Waals surface area contributed by atoms with Gasteiger partial charge in [0.15, 0.2) is 8.32 Å². The summed E-state index contributed by atoms with van der Waals surface area (Å²) in [6.07, 6.45) is 0.672. The fraction of sp³-hybridized carbons (Fsp3) is 0.444. The van der Waals surface area contributed by atoms with E-state index in [1.807, 2.05) is 60.7 Å². The van der Waals surface area contributed by atoms with Crippen LogP contribution in [0.4, 0.5) is 0 Å². The number of benzene rings is 3. The van der Waals surface area contributed by atoms with Crippen LogP contribution in [0.1, 0.15) is 58.2 Å². The Balaban J connectivity index is 1.93. The Bertz CT molecular complexity index is 1100. The molecule has 0 fully saturated rings. The van der Waals surface area contributed by atoms with Crippen molar-refractivity contribution in [3.63, 3.8) is 0 Å². The van der Waals surface area contributed by atoms with Gasteiger partial charge in [0.2, 0.25) is 0 Å². The molecule has 0 saturated heterocycles. The van der Waals surface area contributed by atoms with Crippen molar-refractivity contribution in [1.29, 1.82) is 0 Å². The van der Waals surface area contributed by atoms with Crippen molar-refractivity contribution >= 4 is 8.32 Å². The lowest BCUT2D eigenvalue weighted by atomic mass is 10.1. The van der Waals surface area contributed by atoms with E-state index >= 15 is 0 Å². The zero-order chi connectivity index (χ0) is 29.7. The molecule has 0 N–H and O–H groups in total. The molecule has 0 saturated carbocycles. The standard InChI is InChI=1S/C36H50O4Si/c1-8-34(37-24-31-18-12-9-13-19-31)36(39-26-33-22-16-11-17-23-33)35(38-25-32-20-14-10-15-21-32)27-40-41(28(2)3,29(4)5)30(6)7/h8-23,28-30,34-36H,1,24-27H2,2-7H3/t34-,35+,36-/m0/s1. The van der Waals surface area contributed by atoms with Crippen LogP contribution in [-0.2, 0) is 38.5 Å². The minimum absolute atomic E-state index is 0.360.